The highest BCUT2D eigenvalue weighted by Gasteiger charge is 2.31. The van der Waals surface area contributed by atoms with Gasteiger partial charge in [-0.1, -0.05) is 24.3 Å². The predicted molar refractivity (Wildman–Crippen MR) is 125 cm³/mol. The fourth-order valence-corrected chi connectivity index (χ4v) is 3.81. The first-order valence-electron chi connectivity index (χ1n) is 10.8. The van der Waals surface area contributed by atoms with Crippen molar-refractivity contribution in [2.45, 2.75) is 12.8 Å². The molecule has 0 unspecified atom stereocenters. The van der Waals surface area contributed by atoms with Gasteiger partial charge in [0.2, 0.25) is 0 Å². The molecule has 3 N–H and O–H groups in total. The van der Waals surface area contributed by atoms with E-state index in [9.17, 15) is 27.6 Å². The molecule has 36 heavy (non-hydrogen) atoms. The Morgan fingerprint density at radius 2 is 1.50 bits per heavy atom. The van der Waals surface area contributed by atoms with Gasteiger partial charge in [-0.2, -0.15) is 0 Å². The lowest BCUT2D eigenvalue weighted by Gasteiger charge is -2.27. The number of hydrogen-bond donors (Lipinski definition) is 3. The summed E-state index contributed by atoms with van der Waals surface area (Å²) in [5.41, 5.74) is 3.82. The third-order valence-corrected chi connectivity index (χ3v) is 5.42. The fraction of sp³-hybridized carbons (Fsp3) is 0.160. The molecule has 1 aliphatic heterocycles. The maximum absolute atomic E-state index is 12.5. The van der Waals surface area contributed by atoms with E-state index in [0.29, 0.717) is 24.2 Å². The second kappa shape index (κ2) is 9.98. The van der Waals surface area contributed by atoms with Gasteiger partial charge in [-0.05, 0) is 65.6 Å². The van der Waals surface area contributed by atoms with Gasteiger partial charge in [-0.15, -0.1) is 13.2 Å². The largest absolute Gasteiger partial charge is 0.573 e. The quantitative estimate of drug-likeness (QED) is 0.444. The second-order valence-electron chi connectivity index (χ2n) is 7.97. The summed E-state index contributed by atoms with van der Waals surface area (Å²) >= 11 is 0. The van der Waals surface area contributed by atoms with Gasteiger partial charge in [0, 0.05) is 23.5 Å². The number of nitrogens with zero attached hydrogens (tertiary/aromatic N) is 1. The number of fused-ring (bicyclic) bond motifs is 1. The van der Waals surface area contributed by atoms with Crippen molar-refractivity contribution in [3.05, 3.63) is 77.9 Å². The molecule has 11 heteroatoms. The molecule has 3 amide bonds. The van der Waals surface area contributed by atoms with Crippen LogP contribution in [0.15, 0.2) is 66.7 Å². The van der Waals surface area contributed by atoms with Gasteiger partial charge in [0.1, 0.15) is 12.3 Å². The van der Waals surface area contributed by atoms with Crippen LogP contribution in [0.3, 0.4) is 0 Å². The number of anilines is 2. The number of carboxylic acid groups (broad SMARTS) is 1. The molecule has 3 aromatic rings. The van der Waals surface area contributed by atoms with Gasteiger partial charge in [0.15, 0.2) is 0 Å². The molecule has 0 atom stereocenters. The van der Waals surface area contributed by atoms with Crippen molar-refractivity contribution in [1.29, 1.82) is 0 Å². The van der Waals surface area contributed by atoms with Crippen LogP contribution in [0.2, 0.25) is 0 Å². The average Bonchev–Trinajstić information content (AvgIpc) is 2.81. The van der Waals surface area contributed by atoms with E-state index in [1.54, 1.807) is 36.4 Å². The summed E-state index contributed by atoms with van der Waals surface area (Å²) in [6, 6.07) is 16.5. The van der Waals surface area contributed by atoms with Gasteiger partial charge in [0.05, 0.1) is 0 Å². The maximum atomic E-state index is 12.5. The summed E-state index contributed by atoms with van der Waals surface area (Å²) in [5.74, 6) is -1.76. The van der Waals surface area contributed by atoms with E-state index in [0.717, 1.165) is 28.8 Å². The Morgan fingerprint density at radius 1 is 0.917 bits per heavy atom. The van der Waals surface area contributed by atoms with Gasteiger partial charge >= 0.3 is 18.4 Å². The van der Waals surface area contributed by atoms with E-state index >= 15 is 0 Å². The molecule has 0 saturated heterocycles. The van der Waals surface area contributed by atoms with Crippen molar-refractivity contribution in [2.75, 3.05) is 23.7 Å². The first kappa shape index (κ1) is 24.6. The molecule has 186 valence electrons. The van der Waals surface area contributed by atoms with Crippen LogP contribution in [0.4, 0.5) is 29.3 Å². The normalized spacial score (nSPS) is 13.1. The van der Waals surface area contributed by atoms with Crippen molar-refractivity contribution in [1.82, 2.24) is 4.90 Å². The minimum atomic E-state index is -4.79. The molecule has 0 aromatic heterocycles. The second-order valence-corrected chi connectivity index (χ2v) is 7.97. The standard InChI is InChI=1S/C25H20F3N3O5/c26-25(27,28)36-20-8-6-19(7-9-20)30-24(35)29-18-4-1-15(2-5-18)16-3-10-21-17(13-16)11-12-31(23(21)34)14-22(32)33/h1-10,13H,11-12,14H2,(H,32,33)(H2,29,30,35). The lowest BCUT2D eigenvalue weighted by atomic mass is 9.94. The summed E-state index contributed by atoms with van der Waals surface area (Å²) in [6.45, 7) is -0.00250. The molecular formula is C25H20F3N3O5. The van der Waals surface area contributed by atoms with Crippen molar-refractivity contribution in [3.63, 3.8) is 0 Å². The Morgan fingerprint density at radius 3 is 2.08 bits per heavy atom. The minimum Gasteiger partial charge on any atom is -0.480 e. The molecule has 0 radical (unpaired) electrons. The van der Waals surface area contributed by atoms with Crippen LogP contribution in [-0.4, -0.2) is 47.4 Å². The van der Waals surface area contributed by atoms with E-state index in [1.165, 1.54) is 17.0 Å². The number of nitrogens with one attached hydrogen (secondary N) is 2. The van der Waals surface area contributed by atoms with E-state index < -0.39 is 24.1 Å². The van der Waals surface area contributed by atoms with Crippen LogP contribution in [0.1, 0.15) is 15.9 Å². The Balaban J connectivity index is 1.37. The zero-order chi connectivity index (χ0) is 25.9. The number of carbonyl (C=O) groups excluding carboxylic acids is 2. The maximum Gasteiger partial charge on any atom is 0.573 e. The summed E-state index contributed by atoms with van der Waals surface area (Å²) < 4.78 is 40.5. The van der Waals surface area contributed by atoms with Crippen molar-refractivity contribution in [2.24, 2.45) is 0 Å². The highest BCUT2D eigenvalue weighted by molar-refractivity contribution is 6.00. The highest BCUT2D eigenvalue weighted by atomic mass is 19.4. The van der Waals surface area contributed by atoms with Crippen molar-refractivity contribution < 1.29 is 37.4 Å². The summed E-state index contributed by atoms with van der Waals surface area (Å²) in [6.07, 6.45) is -4.25. The number of aliphatic carboxylic acids is 1. The van der Waals surface area contributed by atoms with Crippen molar-refractivity contribution in [3.8, 4) is 16.9 Å². The Hall–Kier alpha value is -4.54. The minimum absolute atomic E-state index is 0.282. The van der Waals surface area contributed by atoms with Crippen molar-refractivity contribution >= 4 is 29.3 Å². The third-order valence-electron chi connectivity index (χ3n) is 5.42. The predicted octanol–water partition coefficient (Wildman–Crippen LogP) is 4.98. The van der Waals surface area contributed by atoms with Gasteiger partial charge in [-0.3, -0.25) is 9.59 Å². The van der Waals surface area contributed by atoms with E-state index in [2.05, 4.69) is 15.4 Å². The molecule has 3 aromatic carbocycles. The van der Waals surface area contributed by atoms with Crippen LogP contribution >= 0.6 is 0 Å². The van der Waals surface area contributed by atoms with Crippen LogP contribution < -0.4 is 15.4 Å². The molecule has 0 saturated carbocycles. The number of halogens is 3. The molecule has 0 fully saturated rings. The number of carboxylic acids is 1. The number of hydrogen-bond acceptors (Lipinski definition) is 4. The first-order chi connectivity index (χ1) is 17.1. The lowest BCUT2D eigenvalue weighted by Crippen LogP contribution is -2.40. The van der Waals surface area contributed by atoms with Gasteiger partial charge < -0.3 is 25.4 Å². The molecule has 0 spiro atoms. The Labute approximate surface area is 203 Å². The van der Waals surface area contributed by atoms with Crippen LogP contribution in [0.5, 0.6) is 5.75 Å². The number of benzene rings is 3. The SMILES string of the molecule is O=C(O)CN1CCc2cc(-c3ccc(NC(=O)Nc4ccc(OC(F)(F)F)cc4)cc3)ccc2C1=O. The lowest BCUT2D eigenvalue weighted by molar-refractivity contribution is -0.274. The Kier molecular flexibility index (Phi) is 6.82. The zero-order valence-electron chi connectivity index (χ0n) is 18.6. The summed E-state index contributed by atoms with van der Waals surface area (Å²) in [5, 5.41) is 14.1. The molecule has 8 nitrogen and oxygen atoms in total. The number of urea groups is 1. The van der Waals surface area contributed by atoms with Crippen LogP contribution in [0.25, 0.3) is 11.1 Å². The average molecular weight is 499 g/mol. The number of amides is 3. The van der Waals surface area contributed by atoms with Crippen LogP contribution in [-0.2, 0) is 11.2 Å². The fourth-order valence-electron chi connectivity index (χ4n) is 3.81. The molecule has 1 aliphatic rings. The first-order valence-corrected chi connectivity index (χ1v) is 10.8. The number of alkyl halides is 3. The molecule has 4 rings (SSSR count). The molecular weight excluding hydrogens is 479 g/mol. The smallest absolute Gasteiger partial charge is 0.480 e. The summed E-state index contributed by atoms with van der Waals surface area (Å²) in [7, 11) is 0. The van der Waals surface area contributed by atoms with E-state index in [1.807, 2.05) is 6.07 Å². The third kappa shape index (κ3) is 6.12. The van der Waals surface area contributed by atoms with Gasteiger partial charge in [0.25, 0.3) is 5.91 Å². The topological polar surface area (TPSA) is 108 Å². The summed E-state index contributed by atoms with van der Waals surface area (Å²) in [4.78, 5) is 37.0. The number of carbonyl (C=O) groups is 3. The Bertz CT molecular complexity index is 1290. The highest BCUT2D eigenvalue weighted by Crippen LogP contribution is 2.28. The van der Waals surface area contributed by atoms with E-state index in [4.69, 9.17) is 5.11 Å². The van der Waals surface area contributed by atoms with E-state index in [-0.39, 0.29) is 18.1 Å². The number of rotatable bonds is 6. The molecule has 1 heterocycles. The monoisotopic (exact) mass is 499 g/mol. The number of ether oxygens (including phenoxy) is 1. The van der Waals surface area contributed by atoms with Crippen LogP contribution in [0, 0.1) is 0 Å². The molecule has 0 aliphatic carbocycles. The van der Waals surface area contributed by atoms with Gasteiger partial charge in [-0.25, -0.2) is 4.79 Å². The molecule has 0 bridgehead atoms. The zero-order valence-corrected chi connectivity index (χ0v) is 18.6.